The Morgan fingerprint density at radius 2 is 1.65 bits per heavy atom. The minimum Gasteiger partial charge on any atom is -0.354 e. The summed E-state index contributed by atoms with van der Waals surface area (Å²) in [6, 6.07) is 22.7. The molecule has 0 aliphatic carbocycles. The van der Waals surface area contributed by atoms with Crippen molar-refractivity contribution in [3.63, 3.8) is 0 Å². The Hall–Kier alpha value is -3.40. The normalized spacial score (nSPS) is 11.8. The van der Waals surface area contributed by atoms with Crippen LogP contribution in [0.2, 0.25) is 0 Å². The molecule has 0 spiro atoms. The van der Waals surface area contributed by atoms with Crippen LogP contribution < -0.4 is 0 Å². The van der Waals surface area contributed by atoms with Gasteiger partial charge in [-0.15, -0.1) is 0 Å². The third-order valence-electron chi connectivity index (χ3n) is 4.42. The molecule has 0 saturated carbocycles. The van der Waals surface area contributed by atoms with Crippen LogP contribution in [-0.4, -0.2) is 16.7 Å². The number of hydrogen-bond acceptors (Lipinski definition) is 3. The third kappa shape index (κ3) is 2.86. The zero-order valence-corrected chi connectivity index (χ0v) is 14.6. The van der Waals surface area contributed by atoms with Crippen molar-refractivity contribution < 1.29 is 9.63 Å². The number of rotatable bonds is 3. The van der Waals surface area contributed by atoms with Crippen molar-refractivity contribution in [3.8, 4) is 11.3 Å². The number of carbonyl (C=O) groups excluding carboxylic acids is 1. The van der Waals surface area contributed by atoms with Crippen LogP contribution in [0.3, 0.4) is 0 Å². The molecule has 0 atom stereocenters. The molecule has 0 fully saturated rings. The van der Waals surface area contributed by atoms with Gasteiger partial charge in [0.05, 0.1) is 11.4 Å². The third-order valence-corrected chi connectivity index (χ3v) is 4.42. The number of nitrogens with one attached hydrogen (secondary N) is 1. The van der Waals surface area contributed by atoms with Crippen molar-refractivity contribution >= 4 is 33.4 Å². The predicted octanol–water partition coefficient (Wildman–Crippen LogP) is 5.28. The highest BCUT2D eigenvalue weighted by molar-refractivity contribution is 6.15. The monoisotopic (exact) mass is 342 g/mol. The first-order valence-corrected chi connectivity index (χ1v) is 8.46. The first-order valence-electron chi connectivity index (χ1n) is 8.46. The van der Waals surface area contributed by atoms with Crippen molar-refractivity contribution in [2.24, 2.45) is 5.16 Å². The molecule has 1 N–H and O–H groups in total. The molecule has 0 aliphatic rings. The Labute approximate surface area is 151 Å². The summed E-state index contributed by atoms with van der Waals surface area (Å²) in [5, 5.41) is 7.42. The lowest BCUT2D eigenvalue weighted by Crippen LogP contribution is -2.00. The van der Waals surface area contributed by atoms with E-state index < -0.39 is 5.97 Å². The Morgan fingerprint density at radius 1 is 0.923 bits per heavy atom. The molecule has 4 aromatic rings. The van der Waals surface area contributed by atoms with E-state index >= 15 is 0 Å². The molecule has 3 aromatic carbocycles. The molecule has 0 unspecified atom stereocenters. The van der Waals surface area contributed by atoms with Gasteiger partial charge in [-0.3, -0.25) is 0 Å². The highest BCUT2D eigenvalue weighted by atomic mass is 16.7. The fourth-order valence-corrected chi connectivity index (χ4v) is 3.26. The molecule has 0 saturated heterocycles. The van der Waals surface area contributed by atoms with Crippen LogP contribution in [0.15, 0.2) is 71.9 Å². The summed E-state index contributed by atoms with van der Waals surface area (Å²) < 4.78 is 0. The lowest BCUT2D eigenvalue weighted by atomic mass is 9.99. The number of nitrogens with zero attached hydrogens (tertiary/aromatic N) is 1. The average Bonchev–Trinajstić information content (AvgIpc) is 3.05. The van der Waals surface area contributed by atoms with E-state index in [0.717, 1.165) is 27.7 Å². The Kier molecular flexibility index (Phi) is 4.01. The summed E-state index contributed by atoms with van der Waals surface area (Å²) in [5.41, 5.74) is 4.64. The van der Waals surface area contributed by atoms with Crippen LogP contribution in [-0.2, 0) is 9.63 Å². The van der Waals surface area contributed by atoms with E-state index in [4.69, 9.17) is 4.84 Å². The largest absolute Gasteiger partial charge is 0.354 e. The van der Waals surface area contributed by atoms with E-state index in [1.54, 1.807) is 0 Å². The zero-order valence-electron chi connectivity index (χ0n) is 14.6. The minimum absolute atomic E-state index is 0.434. The van der Waals surface area contributed by atoms with Crippen molar-refractivity contribution in [3.05, 3.63) is 72.3 Å². The number of benzene rings is 3. The number of fused-ring (bicyclic) bond motifs is 2. The molecule has 26 heavy (non-hydrogen) atoms. The van der Waals surface area contributed by atoms with Crippen LogP contribution in [0.25, 0.3) is 32.9 Å². The van der Waals surface area contributed by atoms with Crippen molar-refractivity contribution in [1.29, 1.82) is 0 Å². The molecule has 4 heteroatoms. The van der Waals surface area contributed by atoms with Gasteiger partial charge in [-0.25, -0.2) is 4.79 Å². The van der Waals surface area contributed by atoms with Crippen LogP contribution in [0, 0.1) is 0 Å². The maximum atomic E-state index is 11.1. The van der Waals surface area contributed by atoms with Crippen LogP contribution in [0.5, 0.6) is 0 Å². The maximum Gasteiger partial charge on any atom is 0.331 e. The van der Waals surface area contributed by atoms with Crippen molar-refractivity contribution in [1.82, 2.24) is 4.98 Å². The number of hydrogen-bond donors (Lipinski definition) is 1. The summed E-state index contributed by atoms with van der Waals surface area (Å²) in [6.07, 6.45) is 0. The summed E-state index contributed by atoms with van der Waals surface area (Å²) >= 11 is 0. The van der Waals surface area contributed by atoms with Crippen LogP contribution in [0.1, 0.15) is 19.4 Å². The lowest BCUT2D eigenvalue weighted by molar-refractivity contribution is -0.140. The smallest absolute Gasteiger partial charge is 0.331 e. The molecule has 4 nitrogen and oxygen atoms in total. The Morgan fingerprint density at radius 3 is 2.46 bits per heavy atom. The highest BCUT2D eigenvalue weighted by Crippen LogP contribution is 2.32. The van der Waals surface area contributed by atoms with Gasteiger partial charge in [0.25, 0.3) is 0 Å². The van der Waals surface area contributed by atoms with Crippen molar-refractivity contribution in [2.75, 3.05) is 0 Å². The minimum atomic E-state index is -0.434. The Bertz CT molecular complexity index is 1160. The van der Waals surface area contributed by atoms with E-state index in [2.05, 4.69) is 40.5 Å². The zero-order chi connectivity index (χ0) is 18.1. The fourth-order valence-electron chi connectivity index (χ4n) is 3.26. The van der Waals surface area contributed by atoms with Gasteiger partial charge in [0.15, 0.2) is 0 Å². The number of aromatic nitrogens is 1. The van der Waals surface area contributed by atoms with E-state index in [1.807, 2.05) is 43.3 Å². The quantitative estimate of drug-likeness (QED) is 0.313. The topological polar surface area (TPSA) is 54.4 Å². The molecule has 0 aliphatic heterocycles. The second kappa shape index (κ2) is 6.48. The molecule has 0 amide bonds. The Balaban J connectivity index is 1.94. The highest BCUT2D eigenvalue weighted by Gasteiger charge is 2.16. The second-order valence-electron chi connectivity index (χ2n) is 6.24. The molecular weight excluding hydrogens is 324 g/mol. The molecular formula is C22H18N2O2. The number of H-pyrrole nitrogens is 1. The predicted molar refractivity (Wildman–Crippen MR) is 105 cm³/mol. The summed E-state index contributed by atoms with van der Waals surface area (Å²) in [5.74, 6) is -0.434. The molecule has 1 heterocycles. The van der Waals surface area contributed by atoms with E-state index in [-0.39, 0.29) is 0 Å². The standard InChI is InChI=1S/C22H18N2O2/c1-14(24-26-15(2)25)21-19-9-5-6-10-20(19)23-22(21)18-12-11-16-7-3-4-8-17(16)13-18/h3-13,23H,1-2H3. The van der Waals surface area contributed by atoms with Gasteiger partial charge in [0.1, 0.15) is 0 Å². The van der Waals surface area contributed by atoms with Gasteiger partial charge in [-0.05, 0) is 35.4 Å². The first-order chi connectivity index (χ1) is 12.6. The summed E-state index contributed by atoms with van der Waals surface area (Å²) in [4.78, 5) is 19.5. The van der Waals surface area contributed by atoms with Crippen LogP contribution >= 0.6 is 0 Å². The SMILES string of the molecule is CC(=O)ON=C(C)c1c(-c2ccc3ccccc3c2)[nH]c2ccccc12. The van der Waals surface area contributed by atoms with Gasteiger partial charge in [0, 0.05) is 23.4 Å². The van der Waals surface area contributed by atoms with Gasteiger partial charge in [-0.1, -0.05) is 59.8 Å². The molecule has 4 rings (SSSR count). The molecule has 1 aromatic heterocycles. The van der Waals surface area contributed by atoms with Crippen molar-refractivity contribution in [2.45, 2.75) is 13.8 Å². The van der Waals surface area contributed by atoms with E-state index in [9.17, 15) is 4.79 Å². The van der Waals surface area contributed by atoms with Crippen LogP contribution in [0.4, 0.5) is 0 Å². The van der Waals surface area contributed by atoms with E-state index in [0.29, 0.717) is 5.71 Å². The number of para-hydroxylation sites is 1. The summed E-state index contributed by atoms with van der Waals surface area (Å²) in [7, 11) is 0. The van der Waals surface area contributed by atoms with Gasteiger partial charge in [0.2, 0.25) is 0 Å². The molecule has 0 bridgehead atoms. The average molecular weight is 342 g/mol. The molecule has 128 valence electrons. The molecule has 0 radical (unpaired) electrons. The summed E-state index contributed by atoms with van der Waals surface area (Å²) in [6.45, 7) is 3.19. The number of carbonyl (C=O) groups is 1. The second-order valence-corrected chi connectivity index (χ2v) is 6.24. The van der Waals surface area contributed by atoms with E-state index in [1.165, 1.54) is 17.7 Å². The van der Waals surface area contributed by atoms with Gasteiger partial charge in [-0.2, -0.15) is 0 Å². The van der Waals surface area contributed by atoms with Gasteiger partial charge < -0.3 is 9.82 Å². The number of aromatic amines is 1. The maximum absolute atomic E-state index is 11.1. The first kappa shape index (κ1) is 16.1. The van der Waals surface area contributed by atoms with Gasteiger partial charge >= 0.3 is 5.97 Å². The number of oxime groups is 1. The fraction of sp³-hybridized carbons (Fsp3) is 0.0909. The lowest BCUT2D eigenvalue weighted by Gasteiger charge is -2.06.